The minimum Gasteiger partial charge on any atom is -0.496 e. The second-order valence-corrected chi connectivity index (χ2v) is 7.62. The average molecular weight is 436 g/mol. The van der Waals surface area contributed by atoms with Crippen molar-refractivity contribution in [3.05, 3.63) is 57.9 Å². The van der Waals surface area contributed by atoms with E-state index in [0.717, 1.165) is 35.2 Å². The Kier molecular flexibility index (Phi) is 7.37. The highest BCUT2D eigenvalue weighted by atomic mass is 16.5. The lowest BCUT2D eigenvalue weighted by atomic mass is 9.79. The highest BCUT2D eigenvalue weighted by Crippen LogP contribution is 2.49. The smallest absolute Gasteiger partial charge is 0.336 e. The number of hydrogen-bond donors (Lipinski definition) is 1. The van der Waals surface area contributed by atoms with Gasteiger partial charge in [0.25, 0.3) is 0 Å². The topological polar surface area (TPSA) is 93.5 Å². The molecule has 2 heterocycles. The molecule has 7 heteroatoms. The standard InChI is InChI=1S/C25H29N3O4/c1-6-8-11-32-25(29)20-16(4)28-23-15(3)14-27-24(31-7-2)22(23)21(20)18-10-9-17(13-26)12-19(18)30-5/h9-10,12,14,21,28H,6-8,11H2,1-5H3. The molecule has 1 unspecified atom stereocenters. The Morgan fingerprint density at radius 1 is 1.28 bits per heavy atom. The molecule has 3 rings (SSSR count). The predicted octanol–water partition coefficient (Wildman–Crippen LogP) is 4.84. The zero-order chi connectivity index (χ0) is 23.3. The Balaban J connectivity index is 2.27. The van der Waals surface area contributed by atoms with Crippen LogP contribution in [0.4, 0.5) is 5.69 Å². The normalized spacial score (nSPS) is 14.8. The highest BCUT2D eigenvalue weighted by Gasteiger charge is 2.38. The molecule has 168 valence electrons. The number of aryl methyl sites for hydroxylation is 1. The predicted molar refractivity (Wildman–Crippen MR) is 122 cm³/mol. The molecule has 0 saturated heterocycles. The van der Waals surface area contributed by atoms with E-state index in [0.29, 0.717) is 41.7 Å². The minimum atomic E-state index is -0.531. The summed E-state index contributed by atoms with van der Waals surface area (Å²) in [5, 5.41) is 12.7. The third-order valence-corrected chi connectivity index (χ3v) is 5.47. The van der Waals surface area contributed by atoms with Crippen molar-refractivity contribution in [2.75, 3.05) is 25.6 Å². The number of methoxy groups -OCH3 is 1. The zero-order valence-electron chi connectivity index (χ0n) is 19.2. The van der Waals surface area contributed by atoms with Crippen LogP contribution in [-0.2, 0) is 9.53 Å². The summed E-state index contributed by atoms with van der Waals surface area (Å²) in [7, 11) is 1.55. The Morgan fingerprint density at radius 3 is 2.72 bits per heavy atom. The largest absolute Gasteiger partial charge is 0.496 e. The van der Waals surface area contributed by atoms with Gasteiger partial charge in [-0.2, -0.15) is 5.26 Å². The van der Waals surface area contributed by atoms with Gasteiger partial charge in [-0.05, 0) is 44.9 Å². The number of anilines is 1. The fourth-order valence-electron chi connectivity index (χ4n) is 3.90. The molecule has 0 bridgehead atoms. The number of nitrogens with one attached hydrogen (secondary N) is 1. The molecule has 1 atom stereocenters. The first-order valence-electron chi connectivity index (χ1n) is 10.8. The number of unbranched alkanes of at least 4 members (excludes halogenated alkanes) is 1. The van der Waals surface area contributed by atoms with Crippen LogP contribution >= 0.6 is 0 Å². The number of benzene rings is 1. The van der Waals surface area contributed by atoms with Crippen LogP contribution in [0.3, 0.4) is 0 Å². The Bertz CT molecular complexity index is 1090. The summed E-state index contributed by atoms with van der Waals surface area (Å²) in [5.74, 6) is 0.0346. The molecule has 0 radical (unpaired) electrons. The molecule has 0 fully saturated rings. The van der Waals surface area contributed by atoms with Gasteiger partial charge in [-0.1, -0.05) is 19.4 Å². The van der Waals surface area contributed by atoms with Crippen LogP contribution in [0.15, 0.2) is 35.7 Å². The van der Waals surface area contributed by atoms with Crippen molar-refractivity contribution in [3.8, 4) is 17.7 Å². The number of allylic oxidation sites excluding steroid dienone is 1. The Labute approximate surface area is 189 Å². The summed E-state index contributed by atoms with van der Waals surface area (Å²) in [6.45, 7) is 8.54. The first kappa shape index (κ1) is 23.1. The quantitative estimate of drug-likeness (QED) is 0.468. The van der Waals surface area contributed by atoms with Gasteiger partial charge in [0.1, 0.15) is 5.75 Å². The van der Waals surface area contributed by atoms with Gasteiger partial charge >= 0.3 is 5.97 Å². The lowest BCUT2D eigenvalue weighted by Gasteiger charge is -2.32. The maximum Gasteiger partial charge on any atom is 0.336 e. The first-order valence-corrected chi connectivity index (χ1v) is 10.8. The van der Waals surface area contributed by atoms with E-state index in [2.05, 4.69) is 16.4 Å². The summed E-state index contributed by atoms with van der Waals surface area (Å²) in [6, 6.07) is 7.35. The van der Waals surface area contributed by atoms with Gasteiger partial charge in [0.15, 0.2) is 0 Å². The van der Waals surface area contributed by atoms with Gasteiger partial charge in [-0.25, -0.2) is 9.78 Å². The van der Waals surface area contributed by atoms with E-state index in [1.165, 1.54) is 0 Å². The maximum absolute atomic E-state index is 13.3. The number of aromatic nitrogens is 1. The number of nitrogens with zero attached hydrogens (tertiary/aromatic N) is 2. The number of carbonyl (C=O) groups is 1. The number of fused-ring (bicyclic) bond motifs is 1. The summed E-state index contributed by atoms with van der Waals surface area (Å²) >= 11 is 0. The van der Waals surface area contributed by atoms with E-state index in [4.69, 9.17) is 14.2 Å². The van der Waals surface area contributed by atoms with Crippen molar-refractivity contribution in [1.29, 1.82) is 5.26 Å². The van der Waals surface area contributed by atoms with Gasteiger partial charge in [-0.3, -0.25) is 0 Å². The lowest BCUT2D eigenvalue weighted by molar-refractivity contribution is -0.139. The molecule has 1 aliphatic rings. The number of esters is 1. The zero-order valence-corrected chi connectivity index (χ0v) is 19.2. The Hall–Kier alpha value is -3.53. The molecule has 32 heavy (non-hydrogen) atoms. The molecule has 1 aromatic carbocycles. The third-order valence-electron chi connectivity index (χ3n) is 5.47. The van der Waals surface area contributed by atoms with Crippen molar-refractivity contribution < 1.29 is 19.0 Å². The van der Waals surface area contributed by atoms with Crippen LogP contribution in [0.2, 0.25) is 0 Å². The maximum atomic E-state index is 13.3. The number of carbonyl (C=O) groups excluding carboxylic acids is 1. The Morgan fingerprint density at radius 2 is 2.06 bits per heavy atom. The van der Waals surface area contributed by atoms with E-state index in [9.17, 15) is 10.1 Å². The fourth-order valence-corrected chi connectivity index (χ4v) is 3.90. The highest BCUT2D eigenvalue weighted by molar-refractivity contribution is 5.95. The van der Waals surface area contributed by atoms with Crippen molar-refractivity contribution in [1.82, 2.24) is 4.98 Å². The van der Waals surface area contributed by atoms with E-state index < -0.39 is 11.9 Å². The van der Waals surface area contributed by atoms with Crippen molar-refractivity contribution in [3.63, 3.8) is 0 Å². The molecular formula is C25H29N3O4. The van der Waals surface area contributed by atoms with Gasteiger partial charge in [0.05, 0.1) is 54.7 Å². The van der Waals surface area contributed by atoms with Crippen LogP contribution < -0.4 is 14.8 Å². The van der Waals surface area contributed by atoms with E-state index >= 15 is 0 Å². The average Bonchev–Trinajstić information content (AvgIpc) is 2.80. The number of pyridine rings is 1. The number of rotatable bonds is 8. The van der Waals surface area contributed by atoms with Gasteiger partial charge in [-0.15, -0.1) is 0 Å². The molecule has 1 aromatic heterocycles. The summed E-state index contributed by atoms with van der Waals surface area (Å²) in [5.41, 5.74) is 4.92. The summed E-state index contributed by atoms with van der Waals surface area (Å²) in [4.78, 5) is 17.8. The van der Waals surface area contributed by atoms with Gasteiger partial charge in [0, 0.05) is 17.5 Å². The van der Waals surface area contributed by atoms with Gasteiger partial charge < -0.3 is 19.5 Å². The van der Waals surface area contributed by atoms with E-state index in [1.54, 1.807) is 25.4 Å². The van der Waals surface area contributed by atoms with Crippen LogP contribution in [0, 0.1) is 18.3 Å². The van der Waals surface area contributed by atoms with Crippen molar-refractivity contribution in [2.24, 2.45) is 0 Å². The summed E-state index contributed by atoms with van der Waals surface area (Å²) in [6.07, 6.45) is 3.47. The monoisotopic (exact) mass is 435 g/mol. The molecule has 1 aliphatic heterocycles. The summed E-state index contributed by atoms with van der Waals surface area (Å²) < 4.78 is 17.1. The molecule has 0 aliphatic carbocycles. The van der Waals surface area contributed by atoms with Crippen molar-refractivity contribution >= 4 is 11.7 Å². The number of hydrogen-bond acceptors (Lipinski definition) is 7. The second kappa shape index (κ2) is 10.2. The molecule has 7 nitrogen and oxygen atoms in total. The van der Waals surface area contributed by atoms with Crippen LogP contribution in [-0.4, -0.2) is 31.3 Å². The molecule has 0 saturated carbocycles. The molecule has 1 N–H and O–H groups in total. The molecule has 2 aromatic rings. The van der Waals surface area contributed by atoms with Crippen molar-refractivity contribution in [2.45, 2.75) is 46.5 Å². The lowest BCUT2D eigenvalue weighted by Crippen LogP contribution is -2.26. The number of ether oxygens (including phenoxy) is 3. The van der Waals surface area contributed by atoms with E-state index in [-0.39, 0.29) is 0 Å². The van der Waals surface area contributed by atoms with Gasteiger partial charge in [0.2, 0.25) is 5.88 Å². The minimum absolute atomic E-state index is 0.348. The number of nitriles is 1. The second-order valence-electron chi connectivity index (χ2n) is 7.62. The third kappa shape index (κ3) is 4.40. The fraction of sp³-hybridized carbons (Fsp3) is 0.400. The van der Waals surface area contributed by atoms with Crippen LogP contribution in [0.5, 0.6) is 11.6 Å². The molecule has 0 spiro atoms. The van der Waals surface area contributed by atoms with Crippen LogP contribution in [0.1, 0.15) is 61.8 Å². The molecular weight excluding hydrogens is 406 g/mol. The first-order chi connectivity index (χ1) is 15.5. The SMILES string of the molecule is CCCCOC(=O)C1=C(C)Nc2c(C)cnc(OCC)c2C1c1ccc(C#N)cc1OC. The van der Waals surface area contributed by atoms with Crippen LogP contribution in [0.25, 0.3) is 0 Å². The molecule has 0 amide bonds. The van der Waals surface area contributed by atoms with E-state index in [1.807, 2.05) is 33.8 Å².